The monoisotopic (exact) mass is 258 g/mol. The first-order valence-corrected chi connectivity index (χ1v) is 7.14. The van der Waals surface area contributed by atoms with Crippen molar-refractivity contribution in [1.29, 1.82) is 0 Å². The van der Waals surface area contributed by atoms with E-state index in [1.807, 2.05) is 0 Å². The van der Waals surface area contributed by atoms with Crippen LogP contribution in [0.1, 0.15) is 40.0 Å². The van der Waals surface area contributed by atoms with Crippen LogP contribution in [0.5, 0.6) is 0 Å². The summed E-state index contributed by atoms with van der Waals surface area (Å²) in [6.45, 7) is 7.67. The fourth-order valence-corrected chi connectivity index (χ4v) is 3.04. The van der Waals surface area contributed by atoms with Gasteiger partial charge in [0.05, 0.1) is 12.7 Å². The molecule has 4 heteroatoms. The molecule has 18 heavy (non-hydrogen) atoms. The maximum absolute atomic E-state index is 9.65. The minimum atomic E-state index is 0.0524. The lowest BCUT2D eigenvalue weighted by Crippen LogP contribution is -2.57. The zero-order valence-electron chi connectivity index (χ0n) is 12.3. The van der Waals surface area contributed by atoms with Crippen LogP contribution in [0.2, 0.25) is 0 Å². The van der Waals surface area contributed by atoms with E-state index in [1.165, 1.54) is 0 Å². The van der Waals surface area contributed by atoms with Gasteiger partial charge in [0.2, 0.25) is 0 Å². The van der Waals surface area contributed by atoms with Crippen molar-refractivity contribution in [3.63, 3.8) is 0 Å². The summed E-state index contributed by atoms with van der Waals surface area (Å²) in [6, 6.07) is 0.566. The second-order valence-electron chi connectivity index (χ2n) is 6.01. The van der Waals surface area contributed by atoms with Gasteiger partial charge < -0.3 is 15.6 Å². The normalized spacial score (nSPS) is 29.5. The van der Waals surface area contributed by atoms with Gasteiger partial charge in [0.25, 0.3) is 0 Å². The van der Waals surface area contributed by atoms with Gasteiger partial charge in [0, 0.05) is 31.8 Å². The van der Waals surface area contributed by atoms with E-state index in [-0.39, 0.29) is 18.7 Å². The number of likely N-dealkylation sites (tertiary alicyclic amines) is 1. The van der Waals surface area contributed by atoms with Crippen molar-refractivity contribution in [1.82, 2.24) is 4.90 Å². The van der Waals surface area contributed by atoms with Crippen molar-refractivity contribution in [3.8, 4) is 0 Å². The van der Waals surface area contributed by atoms with Crippen LogP contribution in [0, 0.1) is 5.92 Å². The molecule has 4 nitrogen and oxygen atoms in total. The van der Waals surface area contributed by atoms with E-state index in [4.69, 9.17) is 10.5 Å². The summed E-state index contributed by atoms with van der Waals surface area (Å²) in [4.78, 5) is 2.36. The first-order chi connectivity index (χ1) is 8.49. The number of nitrogens with zero attached hydrogens (tertiary/aromatic N) is 1. The van der Waals surface area contributed by atoms with Crippen LogP contribution in [0.4, 0.5) is 0 Å². The molecule has 3 N–H and O–H groups in total. The lowest BCUT2D eigenvalue weighted by Gasteiger charge is -2.43. The molecule has 0 saturated carbocycles. The maximum Gasteiger partial charge on any atom is 0.0602 e. The highest BCUT2D eigenvalue weighted by Crippen LogP contribution is 2.23. The Kier molecular flexibility index (Phi) is 6.57. The molecule has 108 valence electrons. The Labute approximate surface area is 111 Å². The topological polar surface area (TPSA) is 58.7 Å². The second kappa shape index (κ2) is 7.43. The average molecular weight is 258 g/mol. The number of rotatable bonds is 6. The van der Waals surface area contributed by atoms with Crippen molar-refractivity contribution in [2.24, 2.45) is 11.7 Å². The molecular formula is C14H30N2O2. The fraction of sp³-hybridized carbons (Fsp3) is 1.00. The summed E-state index contributed by atoms with van der Waals surface area (Å²) >= 11 is 0. The quantitative estimate of drug-likeness (QED) is 0.752. The van der Waals surface area contributed by atoms with Gasteiger partial charge in [-0.15, -0.1) is 0 Å². The van der Waals surface area contributed by atoms with Gasteiger partial charge in [-0.1, -0.05) is 13.8 Å². The largest absolute Gasteiger partial charge is 0.395 e. The van der Waals surface area contributed by atoms with Gasteiger partial charge >= 0.3 is 0 Å². The Balaban J connectivity index is 2.59. The van der Waals surface area contributed by atoms with Gasteiger partial charge in [0.1, 0.15) is 0 Å². The van der Waals surface area contributed by atoms with Crippen LogP contribution < -0.4 is 5.73 Å². The van der Waals surface area contributed by atoms with Crippen molar-refractivity contribution in [3.05, 3.63) is 0 Å². The van der Waals surface area contributed by atoms with E-state index in [0.717, 1.165) is 25.8 Å². The lowest BCUT2D eigenvalue weighted by atomic mass is 9.92. The van der Waals surface area contributed by atoms with E-state index < -0.39 is 0 Å². The highest BCUT2D eigenvalue weighted by molar-refractivity contribution is 4.89. The van der Waals surface area contributed by atoms with Crippen molar-refractivity contribution < 1.29 is 9.84 Å². The van der Waals surface area contributed by atoms with Gasteiger partial charge in [-0.2, -0.15) is 0 Å². The van der Waals surface area contributed by atoms with Crippen LogP contribution in [0.3, 0.4) is 0 Å². The van der Waals surface area contributed by atoms with Gasteiger partial charge in [-0.25, -0.2) is 0 Å². The predicted octanol–water partition coefficient (Wildman–Crippen LogP) is 1.22. The lowest BCUT2D eigenvalue weighted by molar-refractivity contribution is -0.0194. The number of aliphatic hydroxyl groups excluding tert-OH is 1. The molecular weight excluding hydrogens is 228 g/mol. The summed E-state index contributed by atoms with van der Waals surface area (Å²) in [7, 11) is 1.78. The molecule has 1 aliphatic rings. The Morgan fingerprint density at radius 1 is 1.44 bits per heavy atom. The molecule has 1 heterocycles. The first-order valence-electron chi connectivity index (χ1n) is 7.14. The third-order valence-corrected chi connectivity index (χ3v) is 4.06. The Bertz CT molecular complexity index is 236. The summed E-state index contributed by atoms with van der Waals surface area (Å²) in [5, 5.41) is 9.65. The molecule has 0 aromatic heterocycles. The van der Waals surface area contributed by atoms with E-state index in [1.54, 1.807) is 7.11 Å². The average Bonchev–Trinajstić information content (AvgIpc) is 2.31. The molecule has 0 aromatic rings. The van der Waals surface area contributed by atoms with Crippen molar-refractivity contribution in [2.45, 2.75) is 64.3 Å². The Morgan fingerprint density at radius 2 is 2.11 bits per heavy atom. The first kappa shape index (κ1) is 15.9. The SMILES string of the molecule is COC1CCN(C(CO)C(N)CC(C)C)C(C)C1. The van der Waals surface area contributed by atoms with Crippen molar-refractivity contribution >= 4 is 0 Å². The van der Waals surface area contributed by atoms with Crippen LogP contribution >= 0.6 is 0 Å². The number of methoxy groups -OCH3 is 1. The highest BCUT2D eigenvalue weighted by atomic mass is 16.5. The predicted molar refractivity (Wildman–Crippen MR) is 74.5 cm³/mol. The maximum atomic E-state index is 9.65. The van der Waals surface area contributed by atoms with Crippen LogP contribution in [0.15, 0.2) is 0 Å². The molecule has 1 rings (SSSR count). The molecule has 0 aromatic carbocycles. The number of nitrogens with two attached hydrogens (primary N) is 1. The minimum Gasteiger partial charge on any atom is -0.395 e. The van der Waals surface area contributed by atoms with Gasteiger partial charge in [-0.3, -0.25) is 4.90 Å². The van der Waals surface area contributed by atoms with Crippen LogP contribution in [-0.2, 0) is 4.74 Å². The summed E-state index contributed by atoms with van der Waals surface area (Å²) in [5.41, 5.74) is 6.26. The van der Waals surface area contributed by atoms with Crippen LogP contribution in [0.25, 0.3) is 0 Å². The number of piperidine rings is 1. The molecule has 1 saturated heterocycles. The fourth-order valence-electron chi connectivity index (χ4n) is 3.04. The molecule has 0 spiro atoms. The molecule has 4 unspecified atom stereocenters. The second-order valence-corrected chi connectivity index (χ2v) is 6.01. The molecule has 0 aliphatic carbocycles. The number of hydrogen-bond donors (Lipinski definition) is 2. The zero-order chi connectivity index (χ0) is 13.7. The zero-order valence-corrected chi connectivity index (χ0v) is 12.3. The van der Waals surface area contributed by atoms with E-state index >= 15 is 0 Å². The summed E-state index contributed by atoms with van der Waals surface area (Å²) < 4.78 is 5.43. The summed E-state index contributed by atoms with van der Waals surface area (Å²) in [6.07, 6.45) is 3.38. The molecule has 0 bridgehead atoms. The molecule has 1 aliphatic heterocycles. The van der Waals surface area contributed by atoms with E-state index in [9.17, 15) is 5.11 Å². The molecule has 1 fully saturated rings. The standard InChI is InChI=1S/C14H30N2O2/c1-10(2)7-13(15)14(9-17)16-6-5-12(18-4)8-11(16)3/h10-14,17H,5-9,15H2,1-4H3. The number of hydrogen-bond acceptors (Lipinski definition) is 4. The van der Waals surface area contributed by atoms with Crippen molar-refractivity contribution in [2.75, 3.05) is 20.3 Å². The Hall–Kier alpha value is -0.160. The summed E-state index contributed by atoms with van der Waals surface area (Å²) in [5.74, 6) is 0.570. The Morgan fingerprint density at radius 3 is 2.56 bits per heavy atom. The third kappa shape index (κ3) is 4.19. The third-order valence-electron chi connectivity index (χ3n) is 4.06. The molecule has 0 amide bonds. The van der Waals surface area contributed by atoms with E-state index in [0.29, 0.717) is 18.1 Å². The number of aliphatic hydroxyl groups is 1. The molecule has 4 atom stereocenters. The van der Waals surface area contributed by atoms with Crippen LogP contribution in [-0.4, -0.2) is 54.5 Å². The van der Waals surface area contributed by atoms with E-state index in [2.05, 4.69) is 25.7 Å². The minimum absolute atomic E-state index is 0.0524. The number of ether oxygens (including phenoxy) is 1. The van der Waals surface area contributed by atoms with Gasteiger partial charge in [-0.05, 0) is 32.1 Å². The molecule has 0 radical (unpaired) electrons. The highest BCUT2D eigenvalue weighted by Gasteiger charge is 2.33. The van der Waals surface area contributed by atoms with Gasteiger partial charge in [0.15, 0.2) is 0 Å². The smallest absolute Gasteiger partial charge is 0.0602 e.